The van der Waals surface area contributed by atoms with E-state index in [-0.39, 0.29) is 12.1 Å². The first-order chi connectivity index (χ1) is 8.87. The average molecular weight is 328 g/mol. The number of nitrogens with zero attached hydrogens (tertiary/aromatic N) is 3. The Morgan fingerprint density at radius 3 is 2.63 bits per heavy atom. The maximum Gasteiger partial charge on any atom is 0.410 e. The zero-order valence-electron chi connectivity index (χ0n) is 11.4. The molecule has 1 aromatic heterocycles. The van der Waals surface area contributed by atoms with Crippen LogP contribution >= 0.6 is 15.9 Å². The zero-order chi connectivity index (χ0) is 14.0. The molecule has 1 aliphatic rings. The minimum atomic E-state index is -0.481. The summed E-state index contributed by atoms with van der Waals surface area (Å²) in [6.45, 7) is 6.29. The normalized spacial score (nSPS) is 19.6. The molecule has 2 rings (SSSR count). The minimum absolute atomic E-state index is 0.0806. The Labute approximate surface area is 121 Å². The van der Waals surface area contributed by atoms with Crippen LogP contribution in [0.5, 0.6) is 0 Å². The van der Waals surface area contributed by atoms with E-state index in [2.05, 4.69) is 25.9 Å². The summed E-state index contributed by atoms with van der Waals surface area (Å²) >= 11 is 3.31. The molecule has 0 spiro atoms. The van der Waals surface area contributed by atoms with Crippen LogP contribution < -0.4 is 0 Å². The number of halogens is 1. The van der Waals surface area contributed by atoms with Gasteiger partial charge in [0.25, 0.3) is 0 Å². The molecule has 6 heteroatoms. The van der Waals surface area contributed by atoms with Crippen molar-refractivity contribution in [3.8, 4) is 0 Å². The summed E-state index contributed by atoms with van der Waals surface area (Å²) in [5.41, 5.74) is -0.481. The summed E-state index contributed by atoms with van der Waals surface area (Å²) in [7, 11) is 0. The van der Waals surface area contributed by atoms with Gasteiger partial charge in [-0.2, -0.15) is 0 Å². The second kappa shape index (κ2) is 5.45. The largest absolute Gasteiger partial charge is 0.444 e. The van der Waals surface area contributed by atoms with E-state index in [0.717, 1.165) is 17.3 Å². The molecule has 5 nitrogen and oxygen atoms in total. The minimum Gasteiger partial charge on any atom is -0.444 e. The highest BCUT2D eigenvalue weighted by Gasteiger charge is 2.34. The maximum atomic E-state index is 12.2. The van der Waals surface area contributed by atoms with E-state index in [0.29, 0.717) is 12.4 Å². The summed E-state index contributed by atoms with van der Waals surface area (Å²) < 4.78 is 6.25. The Morgan fingerprint density at radius 2 is 2.05 bits per heavy atom. The summed E-state index contributed by atoms with van der Waals surface area (Å²) in [6.07, 6.45) is 4.94. The number of rotatable bonds is 1. The van der Waals surface area contributed by atoms with Crippen LogP contribution in [0.3, 0.4) is 0 Å². The van der Waals surface area contributed by atoms with Gasteiger partial charge >= 0.3 is 6.09 Å². The standard InChI is InChI=1S/C13H18BrN3O2/c1-13(2,3)19-12(18)17-6-4-5-10(17)11-15-7-9(14)8-16-11/h7-8,10H,4-6H2,1-3H3/t10-/m0/s1. The molecular formula is C13H18BrN3O2. The van der Waals surface area contributed by atoms with E-state index in [9.17, 15) is 4.79 Å². The molecule has 0 aromatic carbocycles. The summed E-state index contributed by atoms with van der Waals surface area (Å²) in [6, 6.07) is -0.0806. The van der Waals surface area contributed by atoms with Gasteiger partial charge in [0.05, 0.1) is 10.5 Å². The first-order valence-electron chi connectivity index (χ1n) is 6.34. The number of hydrogen-bond acceptors (Lipinski definition) is 4. The molecule has 0 saturated carbocycles. The highest BCUT2D eigenvalue weighted by molar-refractivity contribution is 9.10. The third-order valence-electron chi connectivity index (χ3n) is 2.82. The third-order valence-corrected chi connectivity index (χ3v) is 3.23. The predicted molar refractivity (Wildman–Crippen MR) is 74.6 cm³/mol. The predicted octanol–water partition coefficient (Wildman–Crippen LogP) is 3.31. The number of aromatic nitrogens is 2. The van der Waals surface area contributed by atoms with Crippen LogP contribution in [0.4, 0.5) is 4.79 Å². The van der Waals surface area contributed by atoms with Crippen LogP contribution in [0.25, 0.3) is 0 Å². The SMILES string of the molecule is CC(C)(C)OC(=O)N1CCC[C@H]1c1ncc(Br)cn1. The highest BCUT2D eigenvalue weighted by Crippen LogP contribution is 2.31. The molecule has 1 amide bonds. The summed E-state index contributed by atoms with van der Waals surface area (Å²) in [4.78, 5) is 22.4. The molecule has 0 bridgehead atoms. The Balaban J connectivity index is 2.12. The first kappa shape index (κ1) is 14.2. The molecule has 0 N–H and O–H groups in total. The number of ether oxygens (including phenoxy) is 1. The quantitative estimate of drug-likeness (QED) is 0.794. The lowest BCUT2D eigenvalue weighted by Gasteiger charge is -2.27. The van der Waals surface area contributed by atoms with Crippen LogP contribution in [0.1, 0.15) is 45.5 Å². The lowest BCUT2D eigenvalue weighted by Crippen LogP contribution is -2.36. The van der Waals surface area contributed by atoms with Crippen molar-refractivity contribution in [2.75, 3.05) is 6.54 Å². The number of carbonyl (C=O) groups excluding carboxylic acids is 1. The van der Waals surface area contributed by atoms with Gasteiger partial charge < -0.3 is 4.74 Å². The smallest absolute Gasteiger partial charge is 0.410 e. The van der Waals surface area contributed by atoms with Crippen molar-refractivity contribution < 1.29 is 9.53 Å². The van der Waals surface area contributed by atoms with Gasteiger partial charge in [0.2, 0.25) is 0 Å². The number of likely N-dealkylation sites (tertiary alicyclic amines) is 1. The van der Waals surface area contributed by atoms with Gasteiger partial charge in [-0.15, -0.1) is 0 Å². The Bertz CT molecular complexity index is 456. The van der Waals surface area contributed by atoms with Crippen LogP contribution in [0.2, 0.25) is 0 Å². The molecule has 0 radical (unpaired) electrons. The fraction of sp³-hybridized carbons (Fsp3) is 0.615. The van der Waals surface area contributed by atoms with E-state index >= 15 is 0 Å². The van der Waals surface area contributed by atoms with Crippen molar-refractivity contribution in [2.45, 2.75) is 45.3 Å². The zero-order valence-corrected chi connectivity index (χ0v) is 13.0. The molecule has 104 valence electrons. The average Bonchev–Trinajstić information content (AvgIpc) is 2.76. The van der Waals surface area contributed by atoms with E-state index in [1.165, 1.54) is 0 Å². The van der Waals surface area contributed by atoms with E-state index in [1.54, 1.807) is 17.3 Å². The van der Waals surface area contributed by atoms with Crippen molar-refractivity contribution >= 4 is 22.0 Å². The molecular weight excluding hydrogens is 310 g/mol. The number of amides is 1. The van der Waals surface area contributed by atoms with Crippen LogP contribution in [-0.4, -0.2) is 33.1 Å². The van der Waals surface area contributed by atoms with E-state index < -0.39 is 5.60 Å². The topological polar surface area (TPSA) is 55.3 Å². The second-order valence-corrected chi connectivity index (χ2v) is 6.51. The van der Waals surface area contributed by atoms with Crippen molar-refractivity contribution in [1.82, 2.24) is 14.9 Å². The molecule has 0 unspecified atom stereocenters. The van der Waals surface area contributed by atoms with Crippen molar-refractivity contribution in [2.24, 2.45) is 0 Å². The van der Waals surface area contributed by atoms with Gasteiger partial charge in [0.15, 0.2) is 5.82 Å². The monoisotopic (exact) mass is 327 g/mol. The van der Waals surface area contributed by atoms with Crippen LogP contribution in [0.15, 0.2) is 16.9 Å². The molecule has 1 aliphatic heterocycles. The molecule has 1 atom stereocenters. The first-order valence-corrected chi connectivity index (χ1v) is 7.13. The maximum absolute atomic E-state index is 12.2. The lowest BCUT2D eigenvalue weighted by molar-refractivity contribution is 0.0218. The van der Waals surface area contributed by atoms with Crippen molar-refractivity contribution in [3.63, 3.8) is 0 Å². The van der Waals surface area contributed by atoms with E-state index in [4.69, 9.17) is 4.74 Å². The molecule has 19 heavy (non-hydrogen) atoms. The third kappa shape index (κ3) is 3.65. The molecule has 1 saturated heterocycles. The van der Waals surface area contributed by atoms with Gasteiger partial charge in [-0.1, -0.05) is 0 Å². The number of carbonyl (C=O) groups is 1. The van der Waals surface area contributed by atoms with Gasteiger partial charge in [-0.05, 0) is 49.5 Å². The van der Waals surface area contributed by atoms with E-state index in [1.807, 2.05) is 20.8 Å². The molecule has 2 heterocycles. The van der Waals surface area contributed by atoms with Crippen LogP contribution in [0, 0.1) is 0 Å². The summed E-state index contributed by atoms with van der Waals surface area (Å²) in [5.74, 6) is 0.673. The van der Waals surface area contributed by atoms with Crippen molar-refractivity contribution in [3.05, 3.63) is 22.7 Å². The van der Waals surface area contributed by atoms with Crippen LogP contribution in [-0.2, 0) is 4.74 Å². The fourth-order valence-electron chi connectivity index (χ4n) is 2.07. The van der Waals surface area contributed by atoms with Gasteiger partial charge in [-0.3, -0.25) is 4.90 Å². The molecule has 0 aliphatic carbocycles. The van der Waals surface area contributed by atoms with Gasteiger partial charge in [0, 0.05) is 18.9 Å². The lowest BCUT2D eigenvalue weighted by atomic mass is 10.2. The van der Waals surface area contributed by atoms with Gasteiger partial charge in [0.1, 0.15) is 5.60 Å². The summed E-state index contributed by atoms with van der Waals surface area (Å²) in [5, 5.41) is 0. The van der Waals surface area contributed by atoms with Gasteiger partial charge in [-0.25, -0.2) is 14.8 Å². The molecule has 1 aromatic rings. The fourth-order valence-corrected chi connectivity index (χ4v) is 2.27. The molecule has 1 fully saturated rings. The second-order valence-electron chi connectivity index (χ2n) is 5.59. The Kier molecular flexibility index (Phi) is 4.08. The Hall–Kier alpha value is -1.17. The highest BCUT2D eigenvalue weighted by atomic mass is 79.9. The number of hydrogen-bond donors (Lipinski definition) is 0. The van der Waals surface area contributed by atoms with Crippen molar-refractivity contribution in [1.29, 1.82) is 0 Å². The Morgan fingerprint density at radius 1 is 1.42 bits per heavy atom.